The van der Waals surface area contributed by atoms with Crippen molar-refractivity contribution in [3.8, 4) is 10.6 Å². The number of thiazole rings is 1. The second-order valence-corrected chi connectivity index (χ2v) is 9.98. The lowest BCUT2D eigenvalue weighted by Crippen LogP contribution is -2.30. The first kappa shape index (κ1) is 22.6. The van der Waals surface area contributed by atoms with E-state index in [2.05, 4.69) is 40.6 Å². The van der Waals surface area contributed by atoms with Crippen molar-refractivity contribution in [3.63, 3.8) is 0 Å². The third-order valence-corrected chi connectivity index (χ3v) is 7.47. The number of fused-ring (bicyclic) bond motifs is 1. The van der Waals surface area contributed by atoms with Crippen LogP contribution in [0.15, 0.2) is 60.7 Å². The topological polar surface area (TPSA) is 75.1 Å². The molecule has 34 heavy (non-hydrogen) atoms. The molecule has 1 aliphatic rings. The number of hydrogen-bond donors (Lipinski definition) is 2. The zero-order valence-corrected chi connectivity index (χ0v) is 19.7. The molecule has 0 amide bonds. The summed E-state index contributed by atoms with van der Waals surface area (Å²) in [4.78, 5) is 21.2. The van der Waals surface area contributed by atoms with E-state index in [1.165, 1.54) is 16.9 Å². The van der Waals surface area contributed by atoms with Crippen molar-refractivity contribution < 1.29 is 14.3 Å². The molecule has 2 heterocycles. The number of nitrogens with zero attached hydrogens (tertiary/aromatic N) is 2. The summed E-state index contributed by atoms with van der Waals surface area (Å²) in [5, 5.41) is 12.6. The fraction of sp³-hybridized carbons (Fsp3) is 0.296. The molecule has 174 valence electrons. The van der Waals surface area contributed by atoms with Crippen LogP contribution in [-0.4, -0.2) is 33.6 Å². The molecule has 1 unspecified atom stereocenters. The molecule has 5 rings (SSSR count). The van der Waals surface area contributed by atoms with Gasteiger partial charge in [-0.2, -0.15) is 0 Å². The van der Waals surface area contributed by atoms with Crippen LogP contribution in [0.5, 0.6) is 0 Å². The van der Waals surface area contributed by atoms with E-state index in [1.54, 1.807) is 12.1 Å². The highest BCUT2D eigenvalue weighted by Crippen LogP contribution is 2.53. The first-order valence-corrected chi connectivity index (χ1v) is 12.3. The van der Waals surface area contributed by atoms with Crippen LogP contribution in [0.2, 0.25) is 0 Å². The van der Waals surface area contributed by atoms with Gasteiger partial charge in [-0.1, -0.05) is 47.7 Å². The van der Waals surface area contributed by atoms with Crippen molar-refractivity contribution in [2.75, 3.05) is 6.54 Å². The number of benzene rings is 2. The van der Waals surface area contributed by atoms with Crippen molar-refractivity contribution in [1.29, 1.82) is 0 Å². The number of nitrogens with one attached hydrogen (secondary N) is 1. The monoisotopic (exact) mass is 475 g/mol. The lowest BCUT2D eigenvalue weighted by molar-refractivity contribution is -0.137. The summed E-state index contributed by atoms with van der Waals surface area (Å²) < 4.78 is 15.0. The molecule has 0 spiro atoms. The van der Waals surface area contributed by atoms with Gasteiger partial charge in [-0.15, -0.1) is 0 Å². The molecular weight excluding hydrogens is 449 g/mol. The fourth-order valence-corrected chi connectivity index (χ4v) is 5.42. The first-order valence-electron chi connectivity index (χ1n) is 11.5. The van der Waals surface area contributed by atoms with E-state index in [1.807, 2.05) is 25.1 Å². The molecule has 2 aromatic carbocycles. The summed E-state index contributed by atoms with van der Waals surface area (Å²) in [5.41, 5.74) is 4.46. The van der Waals surface area contributed by atoms with Gasteiger partial charge in [0, 0.05) is 17.0 Å². The smallest absolute Gasteiger partial charge is 0.304 e. The highest BCUT2D eigenvalue weighted by molar-refractivity contribution is 7.21. The minimum atomic E-state index is -0.833. The summed E-state index contributed by atoms with van der Waals surface area (Å²) >= 11 is 1.42. The molecule has 0 saturated heterocycles. The maximum Gasteiger partial charge on any atom is 0.304 e. The van der Waals surface area contributed by atoms with E-state index in [0.717, 1.165) is 34.4 Å². The van der Waals surface area contributed by atoms with E-state index in [0.29, 0.717) is 23.5 Å². The van der Waals surface area contributed by atoms with Gasteiger partial charge in [0.15, 0.2) is 0 Å². The molecule has 2 N–H and O–H groups in total. The van der Waals surface area contributed by atoms with Gasteiger partial charge in [0.1, 0.15) is 21.2 Å². The Morgan fingerprint density at radius 1 is 1.15 bits per heavy atom. The average molecular weight is 476 g/mol. The normalized spacial score (nSPS) is 15.4. The average Bonchev–Trinajstić information content (AvgIpc) is 3.52. The van der Waals surface area contributed by atoms with Crippen LogP contribution in [0.1, 0.15) is 43.0 Å². The summed E-state index contributed by atoms with van der Waals surface area (Å²) in [6.45, 7) is 2.42. The van der Waals surface area contributed by atoms with Gasteiger partial charge in [-0.25, -0.2) is 14.4 Å². The number of carboxylic acid groups (broad SMARTS) is 1. The van der Waals surface area contributed by atoms with Crippen LogP contribution < -0.4 is 5.32 Å². The Bertz CT molecular complexity index is 1330. The number of aromatic nitrogens is 2. The van der Waals surface area contributed by atoms with Crippen molar-refractivity contribution >= 4 is 27.7 Å². The molecule has 1 saturated carbocycles. The number of rotatable bonds is 9. The highest BCUT2D eigenvalue weighted by Gasteiger charge is 2.47. The number of pyridine rings is 1. The van der Waals surface area contributed by atoms with Gasteiger partial charge < -0.3 is 10.4 Å². The molecule has 0 bridgehead atoms. The Morgan fingerprint density at radius 2 is 1.94 bits per heavy atom. The van der Waals surface area contributed by atoms with Crippen LogP contribution in [0.25, 0.3) is 20.9 Å². The van der Waals surface area contributed by atoms with E-state index in [9.17, 15) is 9.18 Å². The minimum Gasteiger partial charge on any atom is -0.481 e. The van der Waals surface area contributed by atoms with Gasteiger partial charge in [0.05, 0.1) is 12.1 Å². The number of hydrogen-bond acceptors (Lipinski definition) is 5. The van der Waals surface area contributed by atoms with Crippen molar-refractivity contribution in [1.82, 2.24) is 15.3 Å². The SMILES string of the molecule is CC(CC(=O)O)NCCc1ccc(-c2nc3ccc(C4(c5ccccc5)CC4)nc3s2)c(F)c1. The maximum absolute atomic E-state index is 15.0. The highest BCUT2D eigenvalue weighted by atomic mass is 32.1. The summed E-state index contributed by atoms with van der Waals surface area (Å²) in [6, 6.07) is 19.6. The Balaban J connectivity index is 1.33. The van der Waals surface area contributed by atoms with E-state index < -0.39 is 5.97 Å². The molecule has 0 radical (unpaired) electrons. The van der Waals surface area contributed by atoms with Gasteiger partial charge in [0.2, 0.25) is 0 Å². The largest absolute Gasteiger partial charge is 0.481 e. The minimum absolute atomic E-state index is 0.0114. The standard InChI is InChI=1S/C27H26FN3O2S/c1-17(15-24(32)33)29-14-11-18-7-8-20(21(28)16-18)25-30-22-9-10-23(31-26(22)34-25)27(12-13-27)19-5-3-2-4-6-19/h2-10,16-17,29H,11-15H2,1H3,(H,32,33). The van der Waals surface area contributed by atoms with Gasteiger partial charge >= 0.3 is 5.97 Å². The van der Waals surface area contributed by atoms with Gasteiger partial charge in [0.25, 0.3) is 0 Å². The predicted molar refractivity (Wildman–Crippen MR) is 133 cm³/mol. The number of aliphatic carboxylic acids is 1. The number of carbonyl (C=O) groups is 1. The van der Waals surface area contributed by atoms with Crippen LogP contribution in [0.3, 0.4) is 0 Å². The Kier molecular flexibility index (Phi) is 6.15. The molecule has 0 aliphatic heterocycles. The molecule has 5 nitrogen and oxygen atoms in total. The van der Waals surface area contributed by atoms with E-state index in [4.69, 9.17) is 10.1 Å². The predicted octanol–water partition coefficient (Wildman–Crippen LogP) is 5.57. The van der Waals surface area contributed by atoms with Crippen molar-refractivity contribution in [2.45, 2.75) is 44.1 Å². The number of halogens is 1. The molecule has 1 aliphatic carbocycles. The quantitative estimate of drug-likeness (QED) is 0.331. The summed E-state index contributed by atoms with van der Waals surface area (Å²) in [5.74, 6) is -1.14. The van der Waals surface area contributed by atoms with E-state index in [-0.39, 0.29) is 23.7 Å². The van der Waals surface area contributed by atoms with Crippen LogP contribution in [0.4, 0.5) is 4.39 Å². The lowest BCUT2D eigenvalue weighted by atomic mass is 9.92. The molecule has 1 fully saturated rings. The molecular formula is C27H26FN3O2S. The van der Waals surface area contributed by atoms with Gasteiger partial charge in [-0.05, 0) is 68.1 Å². The first-order chi connectivity index (χ1) is 16.4. The molecule has 4 aromatic rings. The Hall–Kier alpha value is -3.16. The van der Waals surface area contributed by atoms with Crippen molar-refractivity contribution in [3.05, 3.63) is 83.3 Å². The van der Waals surface area contributed by atoms with Crippen LogP contribution >= 0.6 is 11.3 Å². The van der Waals surface area contributed by atoms with Crippen LogP contribution in [-0.2, 0) is 16.6 Å². The molecule has 7 heteroatoms. The number of carboxylic acids is 1. The Labute approximate surface area is 201 Å². The Morgan fingerprint density at radius 3 is 2.65 bits per heavy atom. The lowest BCUT2D eigenvalue weighted by Gasteiger charge is -2.14. The van der Waals surface area contributed by atoms with Crippen LogP contribution in [0, 0.1) is 5.82 Å². The van der Waals surface area contributed by atoms with Crippen molar-refractivity contribution in [2.24, 2.45) is 0 Å². The third kappa shape index (κ3) is 4.58. The summed E-state index contributed by atoms with van der Waals surface area (Å²) in [7, 11) is 0. The second kappa shape index (κ2) is 9.24. The molecule has 1 atom stereocenters. The fourth-order valence-electron chi connectivity index (χ4n) is 4.46. The third-order valence-electron chi connectivity index (χ3n) is 6.47. The molecule has 2 aromatic heterocycles. The van der Waals surface area contributed by atoms with Gasteiger partial charge in [-0.3, -0.25) is 4.79 Å². The zero-order valence-electron chi connectivity index (χ0n) is 18.9. The maximum atomic E-state index is 15.0. The second-order valence-electron chi connectivity index (χ2n) is 9.01. The summed E-state index contributed by atoms with van der Waals surface area (Å²) in [6.07, 6.45) is 2.85. The zero-order chi connectivity index (χ0) is 23.7. The van der Waals surface area contributed by atoms with E-state index >= 15 is 0 Å².